The van der Waals surface area contributed by atoms with Gasteiger partial charge in [0, 0.05) is 12.3 Å². The maximum absolute atomic E-state index is 12.4. The van der Waals surface area contributed by atoms with E-state index in [2.05, 4.69) is 5.92 Å². The summed E-state index contributed by atoms with van der Waals surface area (Å²) in [5.41, 5.74) is 1.44. The maximum atomic E-state index is 12.4. The average Bonchev–Trinajstić information content (AvgIpc) is 2.98. The molecule has 0 radical (unpaired) electrons. The van der Waals surface area contributed by atoms with Crippen molar-refractivity contribution in [3.8, 4) is 12.3 Å². The van der Waals surface area contributed by atoms with Crippen molar-refractivity contribution in [2.24, 2.45) is 5.92 Å². The van der Waals surface area contributed by atoms with E-state index in [0.29, 0.717) is 12.2 Å². The molecule has 1 fully saturated rings. The van der Waals surface area contributed by atoms with E-state index in [9.17, 15) is 4.79 Å². The lowest BCUT2D eigenvalue weighted by molar-refractivity contribution is -0.121. The van der Waals surface area contributed by atoms with Gasteiger partial charge in [-0.2, -0.15) is 0 Å². The Morgan fingerprint density at radius 3 is 1.86 bits per heavy atom. The minimum atomic E-state index is -0.643. The Morgan fingerprint density at radius 1 is 0.952 bits per heavy atom. The summed E-state index contributed by atoms with van der Waals surface area (Å²) in [6.07, 6.45) is 8.46. The van der Waals surface area contributed by atoms with Crippen LogP contribution in [0.3, 0.4) is 0 Å². The van der Waals surface area contributed by atoms with Crippen molar-refractivity contribution in [2.75, 3.05) is 0 Å². The molecule has 1 heteroatoms. The summed E-state index contributed by atoms with van der Waals surface area (Å²) >= 11 is 0. The zero-order chi connectivity index (χ0) is 14.7. The van der Waals surface area contributed by atoms with Crippen molar-refractivity contribution >= 4 is 5.78 Å². The first-order valence-electron chi connectivity index (χ1n) is 7.40. The molecule has 0 N–H and O–H groups in total. The van der Waals surface area contributed by atoms with E-state index >= 15 is 0 Å². The van der Waals surface area contributed by atoms with Gasteiger partial charge in [0.05, 0.1) is 5.41 Å². The van der Waals surface area contributed by atoms with Crippen LogP contribution in [0.4, 0.5) is 0 Å². The normalized spacial score (nSPS) is 18.4. The van der Waals surface area contributed by atoms with Crippen LogP contribution in [0, 0.1) is 18.3 Å². The molecule has 0 amide bonds. The Hall–Kier alpha value is -2.33. The highest BCUT2D eigenvalue weighted by Crippen LogP contribution is 2.44. The predicted molar refractivity (Wildman–Crippen MR) is 84.8 cm³/mol. The third kappa shape index (κ3) is 2.17. The van der Waals surface area contributed by atoms with E-state index in [1.54, 1.807) is 0 Å². The molecule has 0 saturated heterocycles. The van der Waals surface area contributed by atoms with Crippen LogP contribution in [-0.4, -0.2) is 5.78 Å². The van der Waals surface area contributed by atoms with Gasteiger partial charge >= 0.3 is 0 Å². The van der Waals surface area contributed by atoms with Crippen LogP contribution in [0.15, 0.2) is 60.7 Å². The maximum Gasteiger partial charge on any atom is 0.138 e. The van der Waals surface area contributed by atoms with Crippen molar-refractivity contribution in [2.45, 2.75) is 24.7 Å². The molecule has 21 heavy (non-hydrogen) atoms. The van der Waals surface area contributed by atoms with Gasteiger partial charge in [-0.3, -0.25) is 4.79 Å². The van der Waals surface area contributed by atoms with Gasteiger partial charge in [-0.25, -0.2) is 0 Å². The summed E-state index contributed by atoms with van der Waals surface area (Å²) in [5.74, 6) is 3.17. The van der Waals surface area contributed by atoms with Gasteiger partial charge < -0.3 is 0 Å². The molecule has 1 atom stereocenters. The summed E-state index contributed by atoms with van der Waals surface area (Å²) in [4.78, 5) is 12.4. The standard InChI is InChI=1S/C20H18O/c1-2-20(16-10-5-3-6-11-16,17-12-7-4-8-13-17)18-14-9-15-19(18)21/h1,3-8,10-13,18H,9,14-15H2. The van der Waals surface area contributed by atoms with Gasteiger partial charge in [-0.05, 0) is 24.0 Å². The monoisotopic (exact) mass is 274 g/mol. The zero-order valence-electron chi connectivity index (χ0n) is 12.0. The second-order valence-corrected chi connectivity index (χ2v) is 5.60. The molecule has 0 aliphatic heterocycles. The van der Waals surface area contributed by atoms with E-state index in [-0.39, 0.29) is 5.92 Å². The highest BCUT2D eigenvalue weighted by molar-refractivity contribution is 5.86. The Morgan fingerprint density at radius 2 is 1.48 bits per heavy atom. The summed E-state index contributed by atoms with van der Waals surface area (Å²) in [5, 5.41) is 0. The third-order valence-corrected chi connectivity index (χ3v) is 4.51. The topological polar surface area (TPSA) is 17.1 Å². The Balaban J connectivity index is 2.24. The number of rotatable bonds is 3. The van der Waals surface area contributed by atoms with Crippen LogP contribution in [0.5, 0.6) is 0 Å². The van der Waals surface area contributed by atoms with Crippen LogP contribution in [0.1, 0.15) is 30.4 Å². The molecule has 104 valence electrons. The summed E-state index contributed by atoms with van der Waals surface area (Å²) < 4.78 is 0. The first kappa shape index (κ1) is 13.6. The molecule has 0 bridgehead atoms. The Bertz CT molecular complexity index is 624. The number of carbonyl (C=O) groups excluding carboxylic acids is 1. The molecule has 3 rings (SSSR count). The van der Waals surface area contributed by atoms with Gasteiger partial charge in [-0.15, -0.1) is 6.42 Å². The van der Waals surface area contributed by atoms with E-state index in [4.69, 9.17) is 6.42 Å². The quantitative estimate of drug-likeness (QED) is 0.774. The number of hydrogen-bond acceptors (Lipinski definition) is 1. The van der Waals surface area contributed by atoms with Gasteiger partial charge in [0.2, 0.25) is 0 Å². The lowest BCUT2D eigenvalue weighted by atomic mass is 9.65. The molecule has 1 nitrogen and oxygen atoms in total. The highest BCUT2D eigenvalue weighted by atomic mass is 16.1. The molecule has 0 heterocycles. The molecule has 1 aliphatic carbocycles. The molecule has 0 aromatic heterocycles. The van der Waals surface area contributed by atoms with Crippen molar-refractivity contribution < 1.29 is 4.79 Å². The smallest absolute Gasteiger partial charge is 0.138 e. The van der Waals surface area contributed by atoms with E-state index < -0.39 is 5.41 Å². The third-order valence-electron chi connectivity index (χ3n) is 4.51. The number of terminal acetylenes is 1. The molecular formula is C20H18O. The van der Waals surface area contributed by atoms with Crippen LogP contribution < -0.4 is 0 Å². The van der Waals surface area contributed by atoms with Crippen molar-refractivity contribution in [3.05, 3.63) is 71.8 Å². The first-order chi connectivity index (χ1) is 10.3. The molecule has 1 saturated carbocycles. The lowest BCUT2D eigenvalue weighted by Gasteiger charge is -2.35. The fraction of sp³-hybridized carbons (Fsp3) is 0.250. The van der Waals surface area contributed by atoms with Gasteiger partial charge in [-0.1, -0.05) is 66.6 Å². The Kier molecular flexibility index (Phi) is 3.62. The zero-order valence-corrected chi connectivity index (χ0v) is 12.0. The number of ketones is 1. The summed E-state index contributed by atoms with van der Waals surface area (Å²) in [7, 11) is 0. The van der Waals surface area contributed by atoms with Gasteiger partial charge in [0.25, 0.3) is 0 Å². The molecule has 1 aliphatic rings. The first-order valence-corrected chi connectivity index (χ1v) is 7.40. The van der Waals surface area contributed by atoms with Crippen molar-refractivity contribution in [1.29, 1.82) is 0 Å². The van der Waals surface area contributed by atoms with Crippen molar-refractivity contribution in [1.82, 2.24) is 0 Å². The highest BCUT2D eigenvalue weighted by Gasteiger charge is 2.46. The average molecular weight is 274 g/mol. The number of benzene rings is 2. The van der Waals surface area contributed by atoms with Gasteiger partial charge in [0.1, 0.15) is 5.78 Å². The molecular weight excluding hydrogens is 256 g/mol. The SMILES string of the molecule is C#CC(c1ccccc1)(c1ccccc1)C1CCCC1=O. The molecule has 2 aromatic carbocycles. The van der Waals surface area contributed by atoms with Crippen molar-refractivity contribution in [3.63, 3.8) is 0 Å². The summed E-state index contributed by atoms with van der Waals surface area (Å²) in [6.45, 7) is 0. The largest absolute Gasteiger partial charge is 0.299 e. The molecule has 2 aromatic rings. The number of carbonyl (C=O) groups is 1. The van der Waals surface area contributed by atoms with E-state index in [1.165, 1.54) is 0 Å². The minimum Gasteiger partial charge on any atom is -0.299 e. The van der Waals surface area contributed by atoms with Crippen LogP contribution in [0.2, 0.25) is 0 Å². The minimum absolute atomic E-state index is 0.118. The second kappa shape index (κ2) is 5.58. The predicted octanol–water partition coefficient (Wildman–Crippen LogP) is 3.98. The molecule has 1 unspecified atom stereocenters. The van der Waals surface area contributed by atoms with Crippen LogP contribution in [0.25, 0.3) is 0 Å². The number of Topliss-reactive ketones (excluding diaryl/α,β-unsaturated/α-hetero) is 1. The van der Waals surface area contributed by atoms with Crippen LogP contribution >= 0.6 is 0 Å². The molecule has 0 spiro atoms. The van der Waals surface area contributed by atoms with E-state index in [0.717, 1.165) is 24.0 Å². The number of hydrogen-bond donors (Lipinski definition) is 0. The fourth-order valence-electron chi connectivity index (χ4n) is 3.51. The Labute approximate surface area is 126 Å². The second-order valence-electron chi connectivity index (χ2n) is 5.60. The van der Waals surface area contributed by atoms with E-state index in [1.807, 2.05) is 60.7 Å². The lowest BCUT2D eigenvalue weighted by Crippen LogP contribution is -2.37. The van der Waals surface area contributed by atoms with Gasteiger partial charge in [0.15, 0.2) is 0 Å². The fourth-order valence-corrected chi connectivity index (χ4v) is 3.51. The van der Waals surface area contributed by atoms with Crippen LogP contribution in [-0.2, 0) is 10.2 Å². The summed E-state index contributed by atoms with van der Waals surface area (Å²) in [6, 6.07) is 20.1.